The third-order valence-corrected chi connectivity index (χ3v) is 3.44. The van der Waals surface area contributed by atoms with Crippen molar-refractivity contribution in [1.29, 1.82) is 0 Å². The van der Waals surface area contributed by atoms with Gasteiger partial charge < -0.3 is 10.5 Å². The van der Waals surface area contributed by atoms with Gasteiger partial charge in [-0.25, -0.2) is 0 Å². The highest BCUT2D eigenvalue weighted by molar-refractivity contribution is 7.85. The normalized spacial score (nSPS) is 11.3. The van der Waals surface area contributed by atoms with E-state index < -0.39 is 10.1 Å². The predicted octanol–water partition coefficient (Wildman–Crippen LogP) is 2.62. The Morgan fingerprint density at radius 1 is 1.11 bits per heavy atom. The van der Waals surface area contributed by atoms with E-state index in [-0.39, 0.29) is 10.6 Å². The number of benzene rings is 2. The summed E-state index contributed by atoms with van der Waals surface area (Å²) in [5, 5.41) is 0. The number of anilines is 1. The van der Waals surface area contributed by atoms with Gasteiger partial charge in [0.15, 0.2) is 0 Å². The lowest BCUT2D eigenvalue weighted by molar-refractivity contribution is 0.477. The third kappa shape index (κ3) is 3.04. The fourth-order valence-electron chi connectivity index (χ4n) is 1.57. The molecule has 0 fully saturated rings. The number of aryl methyl sites for hydroxylation is 1. The highest BCUT2D eigenvalue weighted by Crippen LogP contribution is 2.30. The van der Waals surface area contributed by atoms with Gasteiger partial charge in [-0.2, -0.15) is 8.42 Å². The summed E-state index contributed by atoms with van der Waals surface area (Å²) in [6, 6.07) is 11.2. The molecule has 100 valence electrons. The first kappa shape index (κ1) is 13.4. The zero-order chi connectivity index (χ0) is 14.0. The summed E-state index contributed by atoms with van der Waals surface area (Å²) in [5.41, 5.74) is 6.78. The molecule has 6 heteroatoms. The van der Waals surface area contributed by atoms with Gasteiger partial charge in [0.1, 0.15) is 11.5 Å². The molecule has 0 heterocycles. The van der Waals surface area contributed by atoms with Gasteiger partial charge in [-0.3, -0.25) is 4.55 Å². The molecule has 5 nitrogen and oxygen atoms in total. The highest BCUT2D eigenvalue weighted by atomic mass is 32.2. The van der Waals surface area contributed by atoms with Crippen LogP contribution in [0.3, 0.4) is 0 Å². The first-order valence-electron chi connectivity index (χ1n) is 5.48. The Bertz CT molecular complexity index is 710. The summed E-state index contributed by atoms with van der Waals surface area (Å²) >= 11 is 0. The van der Waals surface area contributed by atoms with Gasteiger partial charge in [0.25, 0.3) is 10.1 Å². The largest absolute Gasteiger partial charge is 0.455 e. The second-order valence-electron chi connectivity index (χ2n) is 4.04. The molecule has 0 saturated carbocycles. The number of nitrogens with two attached hydrogens (primary N) is 1. The maximum Gasteiger partial charge on any atom is 0.294 e. The molecule has 0 aromatic heterocycles. The van der Waals surface area contributed by atoms with Crippen LogP contribution in [0.15, 0.2) is 47.4 Å². The van der Waals surface area contributed by atoms with Crippen LogP contribution in [0.4, 0.5) is 5.69 Å². The van der Waals surface area contributed by atoms with E-state index in [4.69, 9.17) is 15.0 Å². The Balaban J connectivity index is 2.36. The summed E-state index contributed by atoms with van der Waals surface area (Å²) < 4.78 is 36.5. The van der Waals surface area contributed by atoms with Crippen LogP contribution in [0, 0.1) is 6.92 Å². The quantitative estimate of drug-likeness (QED) is 0.666. The van der Waals surface area contributed by atoms with Crippen molar-refractivity contribution in [3.8, 4) is 11.5 Å². The first-order chi connectivity index (χ1) is 8.88. The van der Waals surface area contributed by atoms with E-state index in [0.29, 0.717) is 11.5 Å². The Morgan fingerprint density at radius 3 is 2.37 bits per heavy atom. The number of ether oxygens (including phenoxy) is 1. The molecular formula is C13H13NO4S. The molecule has 0 aliphatic heterocycles. The minimum atomic E-state index is -4.26. The van der Waals surface area contributed by atoms with E-state index in [1.54, 1.807) is 6.07 Å². The van der Waals surface area contributed by atoms with Crippen molar-refractivity contribution in [2.24, 2.45) is 0 Å². The van der Waals surface area contributed by atoms with Crippen molar-refractivity contribution in [3.05, 3.63) is 48.0 Å². The van der Waals surface area contributed by atoms with E-state index >= 15 is 0 Å². The first-order valence-corrected chi connectivity index (χ1v) is 6.92. The lowest BCUT2D eigenvalue weighted by atomic mass is 10.2. The topological polar surface area (TPSA) is 89.6 Å². The fraction of sp³-hybridized carbons (Fsp3) is 0.0769. The molecule has 0 saturated heterocycles. The van der Waals surface area contributed by atoms with Crippen LogP contribution < -0.4 is 10.5 Å². The lowest BCUT2D eigenvalue weighted by Gasteiger charge is -2.11. The van der Waals surface area contributed by atoms with Gasteiger partial charge in [0, 0.05) is 0 Å². The van der Waals surface area contributed by atoms with Gasteiger partial charge in [0.2, 0.25) is 0 Å². The molecule has 0 spiro atoms. The summed E-state index contributed by atoms with van der Waals surface area (Å²) in [7, 11) is -4.26. The summed E-state index contributed by atoms with van der Waals surface area (Å²) in [6.45, 7) is 1.89. The van der Waals surface area contributed by atoms with E-state index in [2.05, 4.69) is 0 Å². The van der Waals surface area contributed by atoms with Crippen molar-refractivity contribution in [1.82, 2.24) is 0 Å². The van der Waals surface area contributed by atoms with Crippen LogP contribution in [-0.2, 0) is 10.1 Å². The smallest absolute Gasteiger partial charge is 0.294 e. The zero-order valence-electron chi connectivity index (χ0n) is 10.2. The third-order valence-electron chi connectivity index (χ3n) is 2.59. The van der Waals surface area contributed by atoms with Gasteiger partial charge in [0.05, 0.1) is 10.6 Å². The van der Waals surface area contributed by atoms with Crippen LogP contribution in [0.5, 0.6) is 11.5 Å². The second kappa shape index (κ2) is 4.91. The molecular weight excluding hydrogens is 266 g/mol. The Kier molecular flexibility index (Phi) is 3.46. The summed E-state index contributed by atoms with van der Waals surface area (Å²) in [4.78, 5) is -0.262. The van der Waals surface area contributed by atoms with Crippen LogP contribution in [0.2, 0.25) is 0 Å². The molecule has 3 N–H and O–H groups in total. The average molecular weight is 279 g/mol. The van der Waals surface area contributed by atoms with Crippen LogP contribution in [-0.4, -0.2) is 13.0 Å². The fourth-order valence-corrected chi connectivity index (χ4v) is 2.09. The van der Waals surface area contributed by atoms with Gasteiger partial charge >= 0.3 is 0 Å². The number of hydrogen-bond acceptors (Lipinski definition) is 4. The van der Waals surface area contributed by atoms with E-state index in [9.17, 15) is 8.42 Å². The van der Waals surface area contributed by atoms with E-state index in [1.807, 2.05) is 25.1 Å². The Hall–Kier alpha value is -2.05. The van der Waals surface area contributed by atoms with Crippen molar-refractivity contribution >= 4 is 15.8 Å². The molecule has 0 amide bonds. The number of nitrogen functional groups attached to an aromatic ring is 1. The van der Waals surface area contributed by atoms with E-state index in [1.165, 1.54) is 12.1 Å². The molecule has 0 atom stereocenters. The molecule has 2 aromatic rings. The molecule has 0 radical (unpaired) electrons. The van der Waals surface area contributed by atoms with Crippen molar-refractivity contribution in [2.75, 3.05) is 5.73 Å². The minimum absolute atomic E-state index is 0.137. The van der Waals surface area contributed by atoms with Gasteiger partial charge in [-0.15, -0.1) is 0 Å². The van der Waals surface area contributed by atoms with Gasteiger partial charge in [-0.05, 0) is 36.8 Å². The number of rotatable bonds is 3. The molecule has 0 aliphatic rings. The standard InChI is InChI=1S/C13H13NO4S/c1-9-4-2-3-5-12(9)18-13-7-6-10(8-11(13)14)19(15,16)17/h2-8H,14H2,1H3,(H,15,16,17). The zero-order valence-corrected chi connectivity index (χ0v) is 11.0. The maximum absolute atomic E-state index is 11.0. The van der Waals surface area contributed by atoms with E-state index in [0.717, 1.165) is 11.6 Å². The lowest BCUT2D eigenvalue weighted by Crippen LogP contribution is -2.00. The second-order valence-corrected chi connectivity index (χ2v) is 5.46. The molecule has 2 rings (SSSR count). The average Bonchev–Trinajstić information content (AvgIpc) is 2.33. The Labute approximate surface area is 111 Å². The van der Waals surface area contributed by atoms with Gasteiger partial charge in [-0.1, -0.05) is 18.2 Å². The summed E-state index contributed by atoms with van der Waals surface area (Å²) in [5.74, 6) is 0.968. The van der Waals surface area contributed by atoms with Crippen LogP contribution in [0.25, 0.3) is 0 Å². The predicted molar refractivity (Wildman–Crippen MR) is 71.9 cm³/mol. The molecule has 0 aliphatic carbocycles. The SMILES string of the molecule is Cc1ccccc1Oc1ccc(S(=O)(=O)O)cc1N. The highest BCUT2D eigenvalue weighted by Gasteiger charge is 2.12. The molecule has 0 bridgehead atoms. The van der Waals surface area contributed by atoms with Crippen LogP contribution >= 0.6 is 0 Å². The van der Waals surface area contributed by atoms with Crippen molar-refractivity contribution in [2.45, 2.75) is 11.8 Å². The van der Waals surface area contributed by atoms with Crippen molar-refractivity contribution in [3.63, 3.8) is 0 Å². The Morgan fingerprint density at radius 2 is 1.79 bits per heavy atom. The maximum atomic E-state index is 11.0. The number of hydrogen-bond donors (Lipinski definition) is 2. The molecule has 2 aromatic carbocycles. The molecule has 19 heavy (non-hydrogen) atoms. The summed E-state index contributed by atoms with van der Waals surface area (Å²) in [6.07, 6.45) is 0. The van der Waals surface area contributed by atoms with Crippen molar-refractivity contribution < 1.29 is 17.7 Å². The monoisotopic (exact) mass is 279 g/mol. The van der Waals surface area contributed by atoms with Crippen LogP contribution in [0.1, 0.15) is 5.56 Å². The number of para-hydroxylation sites is 1. The molecule has 0 unspecified atom stereocenters. The minimum Gasteiger partial charge on any atom is -0.455 e.